The van der Waals surface area contributed by atoms with E-state index in [1.165, 1.54) is 6.07 Å². The van der Waals surface area contributed by atoms with Crippen molar-refractivity contribution in [3.05, 3.63) is 50.7 Å². The summed E-state index contributed by atoms with van der Waals surface area (Å²) < 4.78 is 0. The van der Waals surface area contributed by atoms with E-state index in [1.54, 1.807) is 31.4 Å². The lowest BCUT2D eigenvalue weighted by atomic mass is 9.99. The fourth-order valence-corrected chi connectivity index (χ4v) is 3.25. The molecule has 0 saturated carbocycles. The number of thiophene rings is 1. The van der Waals surface area contributed by atoms with Gasteiger partial charge in [0.05, 0.1) is 16.8 Å². The van der Waals surface area contributed by atoms with Gasteiger partial charge in [-0.25, -0.2) is 9.69 Å². The molecule has 21 heavy (non-hydrogen) atoms. The standard InChI is InChI=1S/C15H11NO4S/c1-7-3-4-8(2)11-10(7)13(17)16(14(11)18)9-5-6-21-12(9)15(19)20/h3-6H,1-2H3,(H,19,20). The van der Waals surface area contributed by atoms with Gasteiger partial charge in [-0.05, 0) is 36.4 Å². The number of carbonyl (C=O) groups is 3. The van der Waals surface area contributed by atoms with Crippen molar-refractivity contribution in [1.29, 1.82) is 0 Å². The van der Waals surface area contributed by atoms with Crippen LogP contribution in [0.3, 0.4) is 0 Å². The summed E-state index contributed by atoms with van der Waals surface area (Å²) >= 11 is 0.990. The second-order valence-corrected chi connectivity index (χ2v) is 5.75. The molecule has 1 aromatic carbocycles. The number of anilines is 1. The Morgan fingerprint density at radius 2 is 1.57 bits per heavy atom. The van der Waals surface area contributed by atoms with Crippen molar-refractivity contribution < 1.29 is 19.5 Å². The smallest absolute Gasteiger partial charge is 0.348 e. The van der Waals surface area contributed by atoms with Crippen molar-refractivity contribution >= 4 is 34.8 Å². The molecule has 0 aliphatic carbocycles. The molecule has 0 unspecified atom stereocenters. The molecule has 6 heteroatoms. The van der Waals surface area contributed by atoms with Crippen molar-refractivity contribution in [2.75, 3.05) is 4.90 Å². The Labute approximate surface area is 124 Å². The number of benzene rings is 1. The van der Waals surface area contributed by atoms with E-state index in [0.717, 1.165) is 16.2 Å². The molecule has 2 aromatic rings. The number of rotatable bonds is 2. The number of carboxylic acid groups (broad SMARTS) is 1. The maximum atomic E-state index is 12.6. The molecule has 0 radical (unpaired) electrons. The van der Waals surface area contributed by atoms with E-state index in [0.29, 0.717) is 22.3 Å². The Balaban J connectivity index is 2.21. The highest BCUT2D eigenvalue weighted by molar-refractivity contribution is 7.12. The van der Waals surface area contributed by atoms with Gasteiger partial charge >= 0.3 is 5.97 Å². The van der Waals surface area contributed by atoms with Crippen LogP contribution in [0.4, 0.5) is 5.69 Å². The second kappa shape index (κ2) is 4.53. The molecule has 1 aliphatic rings. The molecule has 0 fully saturated rings. The molecule has 0 atom stereocenters. The van der Waals surface area contributed by atoms with Crippen LogP contribution in [0.2, 0.25) is 0 Å². The summed E-state index contributed by atoms with van der Waals surface area (Å²) in [5.41, 5.74) is 2.29. The van der Waals surface area contributed by atoms with Crippen molar-refractivity contribution in [1.82, 2.24) is 0 Å². The Bertz CT molecular complexity index is 765. The Hall–Kier alpha value is -2.47. The van der Waals surface area contributed by atoms with Crippen LogP contribution in [-0.2, 0) is 0 Å². The number of imide groups is 1. The van der Waals surface area contributed by atoms with Crippen molar-refractivity contribution in [2.24, 2.45) is 0 Å². The summed E-state index contributed by atoms with van der Waals surface area (Å²) in [4.78, 5) is 37.3. The molecule has 0 bridgehead atoms. The first-order valence-electron chi connectivity index (χ1n) is 6.23. The van der Waals surface area contributed by atoms with Crippen LogP contribution in [0, 0.1) is 13.8 Å². The third kappa shape index (κ3) is 1.80. The number of aryl methyl sites for hydroxylation is 2. The van der Waals surface area contributed by atoms with Crippen molar-refractivity contribution in [2.45, 2.75) is 13.8 Å². The highest BCUT2D eigenvalue weighted by atomic mass is 32.1. The topological polar surface area (TPSA) is 74.7 Å². The monoisotopic (exact) mass is 301 g/mol. The van der Waals surface area contributed by atoms with E-state index in [-0.39, 0.29) is 10.6 Å². The fourth-order valence-electron chi connectivity index (χ4n) is 2.54. The maximum absolute atomic E-state index is 12.6. The van der Waals surface area contributed by atoms with E-state index in [4.69, 9.17) is 0 Å². The van der Waals surface area contributed by atoms with Crippen molar-refractivity contribution in [3.8, 4) is 0 Å². The molecule has 106 valence electrons. The lowest BCUT2D eigenvalue weighted by Gasteiger charge is -2.13. The molecule has 0 spiro atoms. The van der Waals surface area contributed by atoms with Gasteiger partial charge in [0.2, 0.25) is 0 Å². The molecule has 1 N–H and O–H groups in total. The first kappa shape index (κ1) is 13.5. The Kier molecular flexibility index (Phi) is 2.91. The minimum Gasteiger partial charge on any atom is -0.477 e. The first-order chi connectivity index (χ1) is 9.93. The predicted molar refractivity (Wildman–Crippen MR) is 78.3 cm³/mol. The maximum Gasteiger partial charge on any atom is 0.348 e. The number of hydrogen-bond donors (Lipinski definition) is 1. The second-order valence-electron chi connectivity index (χ2n) is 4.84. The highest BCUT2D eigenvalue weighted by Gasteiger charge is 2.40. The Morgan fingerprint density at radius 1 is 1.05 bits per heavy atom. The third-order valence-electron chi connectivity index (χ3n) is 3.54. The Morgan fingerprint density at radius 3 is 2.05 bits per heavy atom. The zero-order valence-corrected chi connectivity index (χ0v) is 12.2. The number of nitrogens with zero attached hydrogens (tertiary/aromatic N) is 1. The zero-order valence-electron chi connectivity index (χ0n) is 11.3. The molecule has 2 amide bonds. The normalized spacial score (nSPS) is 13.7. The van der Waals surface area contributed by atoms with Gasteiger partial charge in [-0.3, -0.25) is 9.59 Å². The molecule has 1 aliphatic heterocycles. The SMILES string of the molecule is Cc1ccc(C)c2c1C(=O)N(c1ccsc1C(=O)O)C2=O. The molecule has 2 heterocycles. The average Bonchev–Trinajstić information content (AvgIpc) is 2.98. The van der Waals surface area contributed by atoms with Crippen LogP contribution < -0.4 is 4.90 Å². The summed E-state index contributed by atoms with van der Waals surface area (Å²) in [7, 11) is 0. The van der Waals surface area contributed by atoms with Gasteiger partial charge in [0.25, 0.3) is 11.8 Å². The van der Waals surface area contributed by atoms with Crippen molar-refractivity contribution in [3.63, 3.8) is 0 Å². The lowest BCUT2D eigenvalue weighted by molar-refractivity contribution is 0.0703. The van der Waals surface area contributed by atoms with Gasteiger partial charge in [-0.15, -0.1) is 11.3 Å². The van der Waals surface area contributed by atoms with Gasteiger partial charge in [0.15, 0.2) is 0 Å². The van der Waals surface area contributed by atoms with E-state index in [2.05, 4.69) is 0 Å². The fraction of sp³-hybridized carbons (Fsp3) is 0.133. The van der Waals surface area contributed by atoms with Gasteiger partial charge in [0, 0.05) is 0 Å². The van der Waals surface area contributed by atoms with Crippen LogP contribution in [0.15, 0.2) is 23.6 Å². The number of hydrogen-bond acceptors (Lipinski definition) is 4. The summed E-state index contributed by atoms with van der Waals surface area (Å²) in [5.74, 6) is -2.07. The van der Waals surface area contributed by atoms with Crippen LogP contribution in [0.5, 0.6) is 0 Å². The third-order valence-corrected chi connectivity index (χ3v) is 4.43. The summed E-state index contributed by atoms with van der Waals surface area (Å²) in [6.45, 7) is 3.53. The van der Waals surface area contributed by atoms with Gasteiger partial charge < -0.3 is 5.11 Å². The predicted octanol–water partition coefficient (Wildman–Crippen LogP) is 2.86. The minimum absolute atomic E-state index is 0.0141. The van der Waals surface area contributed by atoms with Gasteiger partial charge in [-0.1, -0.05) is 12.1 Å². The zero-order chi connectivity index (χ0) is 15.3. The number of fused-ring (bicyclic) bond motifs is 1. The minimum atomic E-state index is -1.15. The van der Waals surface area contributed by atoms with Gasteiger partial charge in [0.1, 0.15) is 4.88 Å². The summed E-state index contributed by atoms with van der Waals surface area (Å²) in [6.07, 6.45) is 0. The van der Waals surface area contributed by atoms with Crippen LogP contribution >= 0.6 is 11.3 Å². The van der Waals surface area contributed by atoms with E-state index in [9.17, 15) is 19.5 Å². The number of carbonyl (C=O) groups excluding carboxylic acids is 2. The average molecular weight is 301 g/mol. The molecule has 1 aromatic heterocycles. The van der Waals surface area contributed by atoms with E-state index in [1.807, 2.05) is 0 Å². The van der Waals surface area contributed by atoms with Crippen LogP contribution in [0.1, 0.15) is 41.5 Å². The summed E-state index contributed by atoms with van der Waals surface area (Å²) in [6, 6.07) is 5.06. The largest absolute Gasteiger partial charge is 0.477 e. The number of carboxylic acids is 1. The lowest BCUT2D eigenvalue weighted by Crippen LogP contribution is -2.30. The molecule has 3 rings (SSSR count). The number of aromatic carboxylic acids is 1. The van der Waals surface area contributed by atoms with Crippen LogP contribution in [0.25, 0.3) is 0 Å². The van der Waals surface area contributed by atoms with Gasteiger partial charge in [-0.2, -0.15) is 0 Å². The van der Waals surface area contributed by atoms with Crippen LogP contribution in [-0.4, -0.2) is 22.9 Å². The number of amides is 2. The molecule has 5 nitrogen and oxygen atoms in total. The molecule has 0 saturated heterocycles. The van der Waals surface area contributed by atoms with E-state index >= 15 is 0 Å². The molecular formula is C15H11NO4S. The summed E-state index contributed by atoms with van der Waals surface area (Å²) in [5, 5.41) is 10.7. The first-order valence-corrected chi connectivity index (χ1v) is 7.11. The quantitative estimate of drug-likeness (QED) is 0.865. The highest BCUT2D eigenvalue weighted by Crippen LogP contribution is 2.35. The molecular weight excluding hydrogens is 290 g/mol. The van der Waals surface area contributed by atoms with E-state index < -0.39 is 17.8 Å².